The number of aryl methyl sites for hydroxylation is 2. The topological polar surface area (TPSA) is 92.8 Å². The predicted octanol–water partition coefficient (Wildman–Crippen LogP) is 5.76. The summed E-state index contributed by atoms with van der Waals surface area (Å²) in [6.07, 6.45) is 1.51. The van der Waals surface area contributed by atoms with Crippen LogP contribution in [0.25, 0.3) is 0 Å². The van der Waals surface area contributed by atoms with E-state index in [2.05, 4.69) is 4.72 Å². The number of allylic oxidation sites excluding steroid dienone is 1. The minimum absolute atomic E-state index is 0.0203. The number of ether oxygens (including phenoxy) is 1. The molecule has 0 fully saturated rings. The second-order valence-corrected chi connectivity index (χ2v) is 12.1. The molecule has 0 unspecified atom stereocenters. The van der Waals surface area contributed by atoms with Crippen molar-refractivity contribution in [2.75, 3.05) is 23.3 Å². The summed E-state index contributed by atoms with van der Waals surface area (Å²) in [5.41, 5.74) is 5.66. The highest BCUT2D eigenvalue weighted by atomic mass is 32.2. The molecule has 0 aromatic heterocycles. The molecule has 1 aliphatic heterocycles. The highest BCUT2D eigenvalue weighted by molar-refractivity contribution is 7.92. The van der Waals surface area contributed by atoms with Crippen LogP contribution in [0.15, 0.2) is 71.3 Å². The van der Waals surface area contributed by atoms with Gasteiger partial charge in [-0.25, -0.2) is 13.2 Å². The van der Waals surface area contributed by atoms with Gasteiger partial charge in [0.15, 0.2) is 12.4 Å². The van der Waals surface area contributed by atoms with E-state index in [0.29, 0.717) is 11.1 Å². The summed E-state index contributed by atoms with van der Waals surface area (Å²) in [5.74, 6) is -1.16. The zero-order valence-corrected chi connectivity index (χ0v) is 24.2. The molecule has 0 aliphatic carbocycles. The monoisotopic (exact) mass is 546 g/mol. The zero-order valence-electron chi connectivity index (χ0n) is 23.4. The Hall–Kier alpha value is -3.91. The van der Waals surface area contributed by atoms with Crippen LogP contribution < -0.4 is 9.62 Å². The molecule has 7 nitrogen and oxygen atoms in total. The van der Waals surface area contributed by atoms with Gasteiger partial charge >= 0.3 is 5.97 Å². The average molecular weight is 547 g/mol. The lowest BCUT2D eigenvalue weighted by Gasteiger charge is -2.23. The van der Waals surface area contributed by atoms with Gasteiger partial charge in [0.25, 0.3) is 10.0 Å². The van der Waals surface area contributed by atoms with Crippen molar-refractivity contribution in [1.82, 2.24) is 0 Å². The molecule has 1 N–H and O–H groups in total. The third kappa shape index (κ3) is 5.21. The van der Waals surface area contributed by atoms with E-state index in [9.17, 15) is 18.0 Å². The van der Waals surface area contributed by atoms with Gasteiger partial charge in [0.2, 0.25) is 0 Å². The number of sulfonamides is 1. The molecule has 0 amide bonds. The maximum atomic E-state index is 13.4. The second-order valence-electron chi connectivity index (χ2n) is 10.5. The predicted molar refractivity (Wildman–Crippen MR) is 154 cm³/mol. The van der Waals surface area contributed by atoms with E-state index in [1.165, 1.54) is 18.2 Å². The van der Waals surface area contributed by atoms with E-state index in [-0.39, 0.29) is 27.3 Å². The van der Waals surface area contributed by atoms with E-state index in [0.717, 1.165) is 28.1 Å². The molecule has 204 valence electrons. The standard InChI is InChI=1S/C31H34N2O5S/c1-19-16-20(2)22(4)29(21(19)3)39(36,37)32-26-14-10-8-12-24(26)30(35)38-18-23(34)17-28-31(5,6)25-13-9-11-15-27(25)33(28)7/h8-17,32H,18H2,1-7H3. The molecule has 8 heteroatoms. The maximum Gasteiger partial charge on any atom is 0.340 e. The average Bonchev–Trinajstić information content (AvgIpc) is 3.07. The fourth-order valence-electron chi connectivity index (χ4n) is 5.20. The van der Waals surface area contributed by atoms with Gasteiger partial charge in [-0.2, -0.15) is 0 Å². The Morgan fingerprint density at radius 1 is 0.949 bits per heavy atom. The SMILES string of the molecule is Cc1cc(C)c(C)c(S(=O)(=O)Nc2ccccc2C(=O)OCC(=O)C=C2N(C)c3ccccc3C2(C)C)c1C. The van der Waals surface area contributed by atoms with E-state index in [4.69, 9.17) is 4.74 Å². The normalized spacial score (nSPS) is 15.3. The van der Waals surface area contributed by atoms with Crippen LogP contribution in [-0.4, -0.2) is 33.8 Å². The van der Waals surface area contributed by atoms with Crippen molar-refractivity contribution >= 4 is 33.2 Å². The smallest absolute Gasteiger partial charge is 0.340 e. The van der Waals surface area contributed by atoms with Crippen molar-refractivity contribution in [3.05, 3.63) is 99.8 Å². The van der Waals surface area contributed by atoms with Gasteiger partial charge in [-0.05, 0) is 73.7 Å². The second kappa shape index (κ2) is 10.3. The Balaban J connectivity index is 1.53. The number of hydrogen-bond acceptors (Lipinski definition) is 6. The molecule has 3 aromatic rings. The molecule has 0 radical (unpaired) electrons. The van der Waals surface area contributed by atoms with Gasteiger partial charge in [0, 0.05) is 29.9 Å². The fraction of sp³-hybridized carbons (Fsp3) is 0.290. The zero-order chi connectivity index (χ0) is 28.7. The largest absolute Gasteiger partial charge is 0.454 e. The number of rotatable bonds is 7. The van der Waals surface area contributed by atoms with Crippen LogP contribution in [0.3, 0.4) is 0 Å². The van der Waals surface area contributed by atoms with Crippen molar-refractivity contribution in [3.63, 3.8) is 0 Å². The number of nitrogens with one attached hydrogen (secondary N) is 1. The van der Waals surface area contributed by atoms with Gasteiger partial charge < -0.3 is 9.64 Å². The highest BCUT2D eigenvalue weighted by Crippen LogP contribution is 2.46. The first-order valence-corrected chi connectivity index (χ1v) is 14.2. The molecular formula is C31H34N2O5S. The van der Waals surface area contributed by atoms with Gasteiger partial charge in [-0.3, -0.25) is 9.52 Å². The number of nitrogens with zero attached hydrogens (tertiary/aromatic N) is 1. The maximum absolute atomic E-state index is 13.4. The summed E-state index contributed by atoms with van der Waals surface area (Å²) >= 11 is 0. The van der Waals surface area contributed by atoms with E-state index < -0.39 is 22.6 Å². The van der Waals surface area contributed by atoms with Crippen LogP contribution in [0.4, 0.5) is 11.4 Å². The summed E-state index contributed by atoms with van der Waals surface area (Å²) in [4.78, 5) is 28.0. The summed E-state index contributed by atoms with van der Waals surface area (Å²) in [5, 5.41) is 0. The third-order valence-electron chi connectivity index (χ3n) is 7.54. The van der Waals surface area contributed by atoms with Crippen LogP contribution in [-0.2, 0) is 25.0 Å². The van der Waals surface area contributed by atoms with Gasteiger partial charge in [0.1, 0.15) is 0 Å². The van der Waals surface area contributed by atoms with Crippen LogP contribution in [0, 0.1) is 27.7 Å². The molecule has 4 rings (SSSR count). The van der Waals surface area contributed by atoms with Crippen LogP contribution in [0.1, 0.15) is 52.0 Å². The Kier molecular flexibility index (Phi) is 7.45. The third-order valence-corrected chi connectivity index (χ3v) is 9.18. The molecule has 3 aromatic carbocycles. The van der Waals surface area contributed by atoms with Crippen molar-refractivity contribution in [1.29, 1.82) is 0 Å². The number of carbonyl (C=O) groups excluding carboxylic acids is 2. The summed E-state index contributed by atoms with van der Waals surface area (Å²) in [7, 11) is -2.10. The van der Waals surface area contributed by atoms with Crippen molar-refractivity contribution < 1.29 is 22.7 Å². The molecule has 0 saturated carbocycles. The molecule has 0 saturated heterocycles. The number of esters is 1. The molecule has 0 spiro atoms. The van der Waals surface area contributed by atoms with Crippen molar-refractivity contribution in [2.45, 2.75) is 51.9 Å². The van der Waals surface area contributed by atoms with Gasteiger partial charge in [0.05, 0.1) is 16.1 Å². The Morgan fingerprint density at radius 3 is 2.18 bits per heavy atom. The minimum atomic E-state index is -4.01. The van der Waals surface area contributed by atoms with E-state index in [1.54, 1.807) is 26.0 Å². The van der Waals surface area contributed by atoms with E-state index >= 15 is 0 Å². The Labute approximate surface area is 230 Å². The molecule has 1 aliphatic rings. The van der Waals surface area contributed by atoms with Gasteiger partial charge in [-0.1, -0.05) is 50.2 Å². The summed E-state index contributed by atoms with van der Waals surface area (Å²) in [6, 6.07) is 16.1. The van der Waals surface area contributed by atoms with Crippen molar-refractivity contribution in [2.24, 2.45) is 0 Å². The summed E-state index contributed by atoms with van der Waals surface area (Å²) in [6.45, 7) is 10.9. The number of para-hydroxylation sites is 2. The fourth-order valence-corrected chi connectivity index (χ4v) is 6.89. The number of ketones is 1. The number of fused-ring (bicyclic) bond motifs is 1. The van der Waals surface area contributed by atoms with Crippen LogP contribution in [0.2, 0.25) is 0 Å². The lowest BCUT2D eigenvalue weighted by Crippen LogP contribution is -2.25. The van der Waals surface area contributed by atoms with E-state index in [1.807, 2.05) is 70.0 Å². The van der Waals surface area contributed by atoms with Crippen LogP contribution >= 0.6 is 0 Å². The number of hydrogen-bond donors (Lipinski definition) is 1. The molecule has 1 heterocycles. The number of benzene rings is 3. The molecule has 39 heavy (non-hydrogen) atoms. The first-order valence-electron chi connectivity index (χ1n) is 12.7. The molecular weight excluding hydrogens is 512 g/mol. The lowest BCUT2D eigenvalue weighted by molar-refractivity contribution is -0.117. The minimum Gasteiger partial charge on any atom is -0.454 e. The quantitative estimate of drug-likeness (QED) is 0.299. The number of carbonyl (C=O) groups is 2. The number of likely N-dealkylation sites (N-methyl/N-ethyl adjacent to an activating group) is 1. The first kappa shape index (κ1) is 28.1. The Bertz CT molecular complexity index is 1590. The Morgan fingerprint density at radius 2 is 1.54 bits per heavy atom. The summed E-state index contributed by atoms with van der Waals surface area (Å²) < 4.78 is 34.8. The van der Waals surface area contributed by atoms with Crippen LogP contribution in [0.5, 0.6) is 0 Å². The lowest BCUT2D eigenvalue weighted by atomic mass is 9.83. The molecule has 0 atom stereocenters. The highest BCUT2D eigenvalue weighted by Gasteiger charge is 2.38. The van der Waals surface area contributed by atoms with Gasteiger partial charge in [-0.15, -0.1) is 0 Å². The first-order chi connectivity index (χ1) is 18.3. The molecule has 0 bridgehead atoms. The number of anilines is 2. The van der Waals surface area contributed by atoms with Crippen molar-refractivity contribution in [3.8, 4) is 0 Å².